The van der Waals surface area contributed by atoms with Crippen LogP contribution in [0, 0.1) is 16.7 Å². The third kappa shape index (κ3) is 6.35. The number of aliphatic carboxylic acids is 1. The van der Waals surface area contributed by atoms with E-state index < -0.39 is 51.1 Å². The number of benzene rings is 1. The van der Waals surface area contributed by atoms with Gasteiger partial charge >= 0.3 is 5.97 Å². The lowest BCUT2D eigenvalue weighted by Gasteiger charge is -2.36. The van der Waals surface area contributed by atoms with Crippen molar-refractivity contribution in [1.82, 2.24) is 20.7 Å². The van der Waals surface area contributed by atoms with Gasteiger partial charge in [0.1, 0.15) is 11.8 Å². The SMILES string of the molecule is CC1(C)C2CCC1(CS(=O)(=O)NC(CNC(=O)c1ccc(CCC(=O)NC3=NCCCN3)cc1)C(=O)O)C(=O)C2. The predicted octanol–water partition coefficient (Wildman–Crippen LogP) is 0.583. The molecular weight excluding hydrogens is 538 g/mol. The van der Waals surface area contributed by atoms with Crippen molar-refractivity contribution in [3.8, 4) is 0 Å². The van der Waals surface area contributed by atoms with Crippen LogP contribution < -0.4 is 20.7 Å². The Morgan fingerprint density at radius 3 is 2.50 bits per heavy atom. The monoisotopic (exact) mass is 575 g/mol. The minimum Gasteiger partial charge on any atom is -0.480 e. The first-order valence-electron chi connectivity index (χ1n) is 13.5. The van der Waals surface area contributed by atoms with Crippen molar-refractivity contribution >= 4 is 39.5 Å². The summed E-state index contributed by atoms with van der Waals surface area (Å²) in [5, 5.41) is 17.8. The summed E-state index contributed by atoms with van der Waals surface area (Å²) in [5.74, 6) is -2.13. The standard InChI is InChI=1S/C27H37N5O7S/c1-26(2)19-10-11-27(26,21(33)14-19)16-40(38,39)32-20(24(36)37)15-30-23(35)18-7-4-17(5-8-18)6-9-22(34)31-25-28-12-3-13-29-25/h4-5,7-8,19-20,32H,3,6,9-16H2,1-2H3,(H,30,35)(H,36,37)(H2,28,29,31,34). The quantitative estimate of drug-likeness (QED) is 0.254. The van der Waals surface area contributed by atoms with Crippen molar-refractivity contribution in [1.29, 1.82) is 0 Å². The molecule has 3 atom stereocenters. The number of carbonyl (C=O) groups excluding carboxylic acids is 3. The van der Waals surface area contributed by atoms with Crippen molar-refractivity contribution in [2.75, 3.05) is 25.4 Å². The molecule has 218 valence electrons. The average Bonchev–Trinajstić information content (AvgIpc) is 3.24. The summed E-state index contributed by atoms with van der Waals surface area (Å²) < 4.78 is 28.2. The predicted molar refractivity (Wildman–Crippen MR) is 147 cm³/mol. The molecule has 0 aromatic heterocycles. The van der Waals surface area contributed by atoms with Gasteiger partial charge in [-0.3, -0.25) is 29.5 Å². The fraction of sp³-hybridized carbons (Fsp3) is 0.593. The van der Waals surface area contributed by atoms with Crippen LogP contribution in [0.2, 0.25) is 0 Å². The topological polar surface area (TPSA) is 183 Å². The van der Waals surface area contributed by atoms with Crippen molar-refractivity contribution in [2.24, 2.45) is 21.7 Å². The lowest BCUT2D eigenvalue weighted by molar-refractivity contribution is -0.138. The van der Waals surface area contributed by atoms with Crippen LogP contribution in [0.25, 0.3) is 0 Å². The minimum atomic E-state index is -4.15. The molecule has 1 aromatic rings. The number of hydrogen-bond donors (Lipinski definition) is 5. The Bertz CT molecular complexity index is 1310. The third-order valence-electron chi connectivity index (χ3n) is 8.67. The molecule has 2 bridgehead atoms. The number of hydrogen-bond acceptors (Lipinski definition) is 8. The molecule has 2 saturated carbocycles. The van der Waals surface area contributed by atoms with Gasteiger partial charge in [0.2, 0.25) is 15.9 Å². The number of ketones is 1. The summed E-state index contributed by atoms with van der Waals surface area (Å²) in [6, 6.07) is 4.91. The first-order chi connectivity index (χ1) is 18.8. The summed E-state index contributed by atoms with van der Waals surface area (Å²) in [6.07, 6.45) is 3.19. The Hall–Kier alpha value is -3.32. The number of aliphatic imine (C=N–C) groups is 1. The molecule has 13 heteroatoms. The van der Waals surface area contributed by atoms with Gasteiger partial charge in [-0.1, -0.05) is 26.0 Å². The molecule has 3 aliphatic rings. The van der Waals surface area contributed by atoms with E-state index >= 15 is 0 Å². The molecule has 3 unspecified atom stereocenters. The minimum absolute atomic E-state index is 0.0842. The summed E-state index contributed by atoms with van der Waals surface area (Å²) in [4.78, 5) is 53.5. The molecule has 12 nitrogen and oxygen atoms in total. The van der Waals surface area contributed by atoms with Crippen LogP contribution in [-0.2, 0) is 30.8 Å². The number of rotatable bonds is 11. The Labute approximate surface area is 233 Å². The van der Waals surface area contributed by atoms with Gasteiger partial charge in [-0.25, -0.2) is 8.42 Å². The van der Waals surface area contributed by atoms with Crippen LogP contribution in [0.5, 0.6) is 0 Å². The number of carboxylic acid groups (broad SMARTS) is 1. The van der Waals surface area contributed by atoms with Crippen molar-refractivity contribution in [3.63, 3.8) is 0 Å². The molecule has 1 heterocycles. The van der Waals surface area contributed by atoms with Gasteiger partial charge in [0, 0.05) is 43.5 Å². The maximum Gasteiger partial charge on any atom is 0.323 e. The van der Waals surface area contributed by atoms with E-state index in [1.165, 1.54) is 0 Å². The fourth-order valence-corrected chi connectivity index (χ4v) is 8.09. The van der Waals surface area contributed by atoms with E-state index in [1.54, 1.807) is 24.3 Å². The molecule has 4 rings (SSSR count). The molecule has 1 aromatic carbocycles. The van der Waals surface area contributed by atoms with Crippen LogP contribution in [-0.4, -0.2) is 74.5 Å². The van der Waals surface area contributed by atoms with E-state index in [0.29, 0.717) is 31.8 Å². The van der Waals surface area contributed by atoms with Gasteiger partial charge in [0.25, 0.3) is 5.91 Å². The molecule has 1 aliphatic heterocycles. The second-order valence-electron chi connectivity index (χ2n) is 11.4. The normalized spacial score (nSPS) is 24.1. The number of Topliss-reactive ketones (excluding diaryl/α,β-unsaturated/α-hetero) is 1. The summed E-state index contributed by atoms with van der Waals surface area (Å²) >= 11 is 0. The van der Waals surface area contributed by atoms with Crippen LogP contribution in [0.4, 0.5) is 0 Å². The zero-order chi connectivity index (χ0) is 29.1. The van der Waals surface area contributed by atoms with E-state index in [9.17, 15) is 32.7 Å². The molecule has 0 spiro atoms. The number of carbonyl (C=O) groups is 4. The van der Waals surface area contributed by atoms with Gasteiger partial charge in [-0.05, 0) is 54.7 Å². The number of nitrogens with one attached hydrogen (secondary N) is 4. The lowest BCUT2D eigenvalue weighted by atomic mass is 9.70. The average molecular weight is 576 g/mol. The van der Waals surface area contributed by atoms with Crippen LogP contribution >= 0.6 is 0 Å². The maximum absolute atomic E-state index is 13.0. The fourth-order valence-electron chi connectivity index (χ4n) is 6.06. The zero-order valence-electron chi connectivity index (χ0n) is 22.8. The Morgan fingerprint density at radius 1 is 1.20 bits per heavy atom. The summed E-state index contributed by atoms with van der Waals surface area (Å²) in [6.45, 7) is 4.78. The van der Waals surface area contributed by atoms with E-state index in [1.807, 2.05) is 13.8 Å². The highest BCUT2D eigenvalue weighted by molar-refractivity contribution is 7.89. The van der Waals surface area contributed by atoms with Crippen molar-refractivity contribution < 1.29 is 32.7 Å². The van der Waals surface area contributed by atoms with Gasteiger partial charge in [0.05, 0.1) is 5.75 Å². The molecule has 2 fully saturated rings. The molecule has 5 N–H and O–H groups in total. The number of fused-ring (bicyclic) bond motifs is 2. The summed E-state index contributed by atoms with van der Waals surface area (Å²) in [7, 11) is -4.15. The lowest BCUT2D eigenvalue weighted by Crippen LogP contribution is -2.52. The first kappa shape index (κ1) is 29.7. The highest BCUT2D eigenvalue weighted by Crippen LogP contribution is 2.64. The Balaban J connectivity index is 1.28. The van der Waals surface area contributed by atoms with Gasteiger partial charge in [-0.2, -0.15) is 4.72 Å². The van der Waals surface area contributed by atoms with Crippen molar-refractivity contribution in [2.45, 2.75) is 58.4 Å². The second kappa shape index (κ2) is 11.7. The van der Waals surface area contributed by atoms with E-state index in [4.69, 9.17) is 0 Å². The van der Waals surface area contributed by atoms with E-state index in [-0.39, 0.29) is 29.6 Å². The Kier molecular flexibility index (Phi) is 8.64. The van der Waals surface area contributed by atoms with Crippen LogP contribution in [0.3, 0.4) is 0 Å². The maximum atomic E-state index is 13.0. The van der Waals surface area contributed by atoms with Gasteiger partial charge < -0.3 is 15.7 Å². The van der Waals surface area contributed by atoms with Crippen molar-refractivity contribution in [3.05, 3.63) is 35.4 Å². The van der Waals surface area contributed by atoms with E-state index in [0.717, 1.165) is 24.9 Å². The number of sulfonamides is 1. The molecule has 0 saturated heterocycles. The molecule has 40 heavy (non-hydrogen) atoms. The molecular formula is C27H37N5O7S. The first-order valence-corrected chi connectivity index (χ1v) is 15.2. The van der Waals surface area contributed by atoms with Gasteiger partial charge in [0.15, 0.2) is 5.96 Å². The Morgan fingerprint density at radius 2 is 1.93 bits per heavy atom. The highest BCUT2D eigenvalue weighted by Gasteiger charge is 2.65. The second-order valence-corrected chi connectivity index (χ2v) is 13.2. The number of amides is 2. The van der Waals surface area contributed by atoms with E-state index in [2.05, 4.69) is 25.7 Å². The van der Waals surface area contributed by atoms with Crippen LogP contribution in [0.1, 0.15) is 61.9 Å². The highest BCUT2D eigenvalue weighted by atomic mass is 32.2. The number of nitrogens with zero attached hydrogens (tertiary/aromatic N) is 1. The molecule has 2 amide bonds. The van der Waals surface area contributed by atoms with Gasteiger partial charge in [-0.15, -0.1) is 0 Å². The smallest absolute Gasteiger partial charge is 0.323 e. The molecule has 2 aliphatic carbocycles. The number of aryl methyl sites for hydroxylation is 1. The third-order valence-corrected chi connectivity index (χ3v) is 10.2. The zero-order valence-corrected chi connectivity index (χ0v) is 23.6. The number of carboxylic acids is 1. The molecule has 0 radical (unpaired) electrons. The number of guanidine groups is 1. The van der Waals surface area contributed by atoms with Crippen LogP contribution in [0.15, 0.2) is 29.3 Å². The largest absolute Gasteiger partial charge is 0.480 e. The summed E-state index contributed by atoms with van der Waals surface area (Å²) in [5.41, 5.74) is -0.420.